The summed E-state index contributed by atoms with van der Waals surface area (Å²) in [5.41, 5.74) is 7.29. The molecule has 0 aliphatic heterocycles. The maximum atomic E-state index is 11.7. The summed E-state index contributed by atoms with van der Waals surface area (Å²) < 4.78 is 0. The number of benzene rings is 1. The summed E-state index contributed by atoms with van der Waals surface area (Å²) in [6, 6.07) is 8.92. The van der Waals surface area contributed by atoms with Crippen molar-refractivity contribution in [1.29, 1.82) is 0 Å². The van der Waals surface area contributed by atoms with Crippen molar-refractivity contribution in [3.05, 3.63) is 36.5 Å². The molecule has 4 heteroatoms. The zero-order chi connectivity index (χ0) is 12.3. The number of hydrogen-bond acceptors (Lipinski definition) is 3. The first kappa shape index (κ1) is 11.5. The molecule has 0 fully saturated rings. The molecule has 1 amide bonds. The van der Waals surface area contributed by atoms with Crippen molar-refractivity contribution in [3.63, 3.8) is 0 Å². The number of amides is 1. The standard InChI is InChI=1S/C13H15N3O/c1-2-10(14)13(17)16-12-7-3-6-11-9(12)5-4-8-15-11/h3-8,10H,2,14H2,1H3,(H,16,17). The Morgan fingerprint density at radius 1 is 1.41 bits per heavy atom. The second kappa shape index (κ2) is 4.93. The van der Waals surface area contributed by atoms with Crippen LogP contribution in [0.25, 0.3) is 10.9 Å². The second-order valence-electron chi connectivity index (χ2n) is 3.88. The van der Waals surface area contributed by atoms with Crippen LogP contribution >= 0.6 is 0 Å². The minimum absolute atomic E-state index is 0.163. The Labute approximate surface area is 99.8 Å². The Balaban J connectivity index is 2.33. The van der Waals surface area contributed by atoms with Gasteiger partial charge in [0.25, 0.3) is 0 Å². The number of anilines is 1. The van der Waals surface area contributed by atoms with Gasteiger partial charge in [-0.3, -0.25) is 9.78 Å². The minimum Gasteiger partial charge on any atom is -0.324 e. The van der Waals surface area contributed by atoms with Crippen LogP contribution in [-0.2, 0) is 4.79 Å². The Kier molecular flexibility index (Phi) is 3.35. The lowest BCUT2D eigenvalue weighted by atomic mass is 10.1. The summed E-state index contributed by atoms with van der Waals surface area (Å²) in [6.07, 6.45) is 2.35. The molecule has 0 saturated heterocycles. The number of nitrogens with two attached hydrogens (primary N) is 1. The quantitative estimate of drug-likeness (QED) is 0.844. The molecule has 0 radical (unpaired) electrons. The van der Waals surface area contributed by atoms with Crippen molar-refractivity contribution in [2.24, 2.45) is 5.73 Å². The fourth-order valence-corrected chi connectivity index (χ4v) is 1.62. The average molecular weight is 229 g/mol. The Morgan fingerprint density at radius 3 is 3.00 bits per heavy atom. The van der Waals surface area contributed by atoms with E-state index in [-0.39, 0.29) is 5.91 Å². The number of carbonyl (C=O) groups excluding carboxylic acids is 1. The van der Waals surface area contributed by atoms with Crippen molar-refractivity contribution >= 4 is 22.5 Å². The lowest BCUT2D eigenvalue weighted by molar-refractivity contribution is -0.117. The molecule has 1 heterocycles. The zero-order valence-corrected chi connectivity index (χ0v) is 9.68. The first-order chi connectivity index (χ1) is 8.22. The van der Waals surface area contributed by atoms with Crippen LogP contribution in [0.1, 0.15) is 13.3 Å². The van der Waals surface area contributed by atoms with Crippen molar-refractivity contribution in [3.8, 4) is 0 Å². The van der Waals surface area contributed by atoms with Crippen LogP contribution in [0.4, 0.5) is 5.69 Å². The molecule has 0 aliphatic carbocycles. The highest BCUT2D eigenvalue weighted by molar-refractivity contribution is 6.02. The summed E-state index contributed by atoms with van der Waals surface area (Å²) in [7, 11) is 0. The topological polar surface area (TPSA) is 68.0 Å². The Morgan fingerprint density at radius 2 is 2.24 bits per heavy atom. The molecule has 0 saturated carbocycles. The number of fused-ring (bicyclic) bond motifs is 1. The number of aromatic nitrogens is 1. The maximum Gasteiger partial charge on any atom is 0.241 e. The molecule has 1 unspecified atom stereocenters. The van der Waals surface area contributed by atoms with E-state index in [9.17, 15) is 4.79 Å². The van der Waals surface area contributed by atoms with Gasteiger partial charge in [-0.1, -0.05) is 13.0 Å². The van der Waals surface area contributed by atoms with E-state index in [1.54, 1.807) is 6.20 Å². The van der Waals surface area contributed by atoms with E-state index in [4.69, 9.17) is 5.73 Å². The molecular weight excluding hydrogens is 214 g/mol. The predicted molar refractivity (Wildman–Crippen MR) is 68.6 cm³/mol. The van der Waals surface area contributed by atoms with Crippen molar-refractivity contribution in [2.45, 2.75) is 19.4 Å². The van der Waals surface area contributed by atoms with Crippen LogP contribution < -0.4 is 11.1 Å². The smallest absolute Gasteiger partial charge is 0.241 e. The van der Waals surface area contributed by atoms with Gasteiger partial charge in [-0.05, 0) is 30.7 Å². The molecule has 0 bridgehead atoms. The van der Waals surface area contributed by atoms with Gasteiger partial charge in [0.2, 0.25) is 5.91 Å². The summed E-state index contributed by atoms with van der Waals surface area (Å²) in [5, 5.41) is 3.75. The summed E-state index contributed by atoms with van der Waals surface area (Å²) in [6.45, 7) is 1.88. The first-order valence-electron chi connectivity index (χ1n) is 5.62. The normalized spacial score (nSPS) is 12.4. The van der Waals surface area contributed by atoms with Gasteiger partial charge in [-0.2, -0.15) is 0 Å². The molecule has 17 heavy (non-hydrogen) atoms. The van der Waals surface area contributed by atoms with Gasteiger partial charge in [-0.25, -0.2) is 0 Å². The third kappa shape index (κ3) is 2.42. The SMILES string of the molecule is CCC(N)C(=O)Nc1cccc2ncccc12. The fourth-order valence-electron chi connectivity index (χ4n) is 1.62. The van der Waals surface area contributed by atoms with Crippen LogP contribution in [0.2, 0.25) is 0 Å². The molecule has 4 nitrogen and oxygen atoms in total. The van der Waals surface area contributed by atoms with Gasteiger partial charge in [0, 0.05) is 11.6 Å². The molecule has 1 atom stereocenters. The molecule has 88 valence electrons. The zero-order valence-electron chi connectivity index (χ0n) is 9.68. The molecule has 3 N–H and O–H groups in total. The van der Waals surface area contributed by atoms with Gasteiger partial charge in [0.15, 0.2) is 0 Å². The largest absolute Gasteiger partial charge is 0.324 e. The third-order valence-corrected chi connectivity index (χ3v) is 2.68. The fraction of sp³-hybridized carbons (Fsp3) is 0.231. The lowest BCUT2D eigenvalue weighted by Crippen LogP contribution is -2.34. The van der Waals surface area contributed by atoms with Gasteiger partial charge >= 0.3 is 0 Å². The molecule has 2 aromatic rings. The number of rotatable bonds is 3. The first-order valence-corrected chi connectivity index (χ1v) is 5.62. The highest BCUT2D eigenvalue weighted by Crippen LogP contribution is 2.21. The molecular formula is C13H15N3O. The van der Waals surface area contributed by atoms with Crippen molar-refractivity contribution < 1.29 is 4.79 Å². The maximum absolute atomic E-state index is 11.7. The Bertz CT molecular complexity index is 534. The lowest BCUT2D eigenvalue weighted by Gasteiger charge is -2.11. The highest BCUT2D eigenvalue weighted by atomic mass is 16.2. The number of pyridine rings is 1. The van der Waals surface area contributed by atoms with Crippen LogP contribution in [-0.4, -0.2) is 16.9 Å². The van der Waals surface area contributed by atoms with Crippen LogP contribution in [0.15, 0.2) is 36.5 Å². The predicted octanol–water partition coefficient (Wildman–Crippen LogP) is 1.91. The van der Waals surface area contributed by atoms with Gasteiger partial charge in [0.05, 0.1) is 17.2 Å². The average Bonchev–Trinajstić information content (AvgIpc) is 2.38. The monoisotopic (exact) mass is 229 g/mol. The van der Waals surface area contributed by atoms with Crippen LogP contribution in [0.5, 0.6) is 0 Å². The summed E-state index contributed by atoms with van der Waals surface area (Å²) >= 11 is 0. The van der Waals surface area contributed by atoms with E-state index in [1.807, 2.05) is 37.3 Å². The molecule has 1 aromatic carbocycles. The highest BCUT2D eigenvalue weighted by Gasteiger charge is 2.12. The number of carbonyl (C=O) groups is 1. The molecule has 0 aliphatic rings. The van der Waals surface area contributed by atoms with E-state index in [0.29, 0.717) is 6.42 Å². The minimum atomic E-state index is -0.470. The van der Waals surface area contributed by atoms with Gasteiger partial charge < -0.3 is 11.1 Å². The van der Waals surface area contributed by atoms with E-state index >= 15 is 0 Å². The number of hydrogen-bond donors (Lipinski definition) is 2. The number of nitrogens with zero attached hydrogens (tertiary/aromatic N) is 1. The molecule has 1 aromatic heterocycles. The van der Waals surface area contributed by atoms with E-state index in [0.717, 1.165) is 16.6 Å². The van der Waals surface area contributed by atoms with Crippen molar-refractivity contribution in [1.82, 2.24) is 4.98 Å². The summed E-state index contributed by atoms with van der Waals surface area (Å²) in [4.78, 5) is 16.0. The van der Waals surface area contributed by atoms with E-state index in [2.05, 4.69) is 10.3 Å². The van der Waals surface area contributed by atoms with Gasteiger partial charge in [-0.15, -0.1) is 0 Å². The second-order valence-corrected chi connectivity index (χ2v) is 3.88. The van der Waals surface area contributed by atoms with E-state index in [1.165, 1.54) is 0 Å². The van der Waals surface area contributed by atoms with Gasteiger partial charge in [0.1, 0.15) is 0 Å². The summed E-state index contributed by atoms with van der Waals surface area (Å²) in [5.74, 6) is -0.163. The van der Waals surface area contributed by atoms with Crippen LogP contribution in [0.3, 0.4) is 0 Å². The Hall–Kier alpha value is -1.94. The third-order valence-electron chi connectivity index (χ3n) is 2.68. The van der Waals surface area contributed by atoms with Crippen LogP contribution in [0, 0.1) is 0 Å². The van der Waals surface area contributed by atoms with E-state index < -0.39 is 6.04 Å². The molecule has 2 rings (SSSR count). The molecule has 0 spiro atoms. The number of nitrogens with one attached hydrogen (secondary N) is 1. The van der Waals surface area contributed by atoms with Crippen molar-refractivity contribution in [2.75, 3.05) is 5.32 Å².